The van der Waals surface area contributed by atoms with Crippen molar-refractivity contribution >= 4 is 0 Å². The molecule has 0 spiro atoms. The van der Waals surface area contributed by atoms with E-state index >= 15 is 0 Å². The molecule has 0 aromatic carbocycles. The zero-order chi connectivity index (χ0) is 13.6. The van der Waals surface area contributed by atoms with Crippen LogP contribution in [-0.4, -0.2) is 68.7 Å². The summed E-state index contributed by atoms with van der Waals surface area (Å²) in [6, 6.07) is 0. The Morgan fingerprint density at radius 1 is 1.28 bits per heavy atom. The van der Waals surface area contributed by atoms with E-state index in [1.165, 1.54) is 32.5 Å². The number of nitrogens with zero attached hydrogens (tertiary/aromatic N) is 2. The van der Waals surface area contributed by atoms with Gasteiger partial charge in [-0.15, -0.1) is 0 Å². The van der Waals surface area contributed by atoms with Crippen molar-refractivity contribution in [3.05, 3.63) is 0 Å². The lowest BCUT2D eigenvalue weighted by Gasteiger charge is -2.42. The van der Waals surface area contributed by atoms with Crippen molar-refractivity contribution in [3.8, 4) is 0 Å². The van der Waals surface area contributed by atoms with Gasteiger partial charge in [-0.25, -0.2) is 0 Å². The van der Waals surface area contributed by atoms with Crippen LogP contribution in [0.25, 0.3) is 0 Å². The van der Waals surface area contributed by atoms with Crippen molar-refractivity contribution in [2.24, 2.45) is 11.7 Å². The zero-order valence-corrected chi connectivity index (χ0v) is 12.7. The molecule has 4 heteroatoms. The van der Waals surface area contributed by atoms with E-state index in [-0.39, 0.29) is 5.54 Å². The molecule has 0 aliphatic carbocycles. The molecule has 1 rings (SSSR count). The molecule has 1 aliphatic rings. The van der Waals surface area contributed by atoms with E-state index in [0.29, 0.717) is 0 Å². The molecular weight excluding hydrogens is 224 g/mol. The first-order valence-corrected chi connectivity index (χ1v) is 7.29. The van der Waals surface area contributed by atoms with Crippen LogP contribution in [0.15, 0.2) is 0 Å². The van der Waals surface area contributed by atoms with Gasteiger partial charge >= 0.3 is 0 Å². The second-order valence-electron chi connectivity index (χ2n) is 6.41. The summed E-state index contributed by atoms with van der Waals surface area (Å²) in [5, 5.41) is 3.70. The fourth-order valence-electron chi connectivity index (χ4n) is 2.68. The highest BCUT2D eigenvalue weighted by Gasteiger charge is 2.32. The zero-order valence-electron chi connectivity index (χ0n) is 12.7. The largest absolute Gasteiger partial charge is 0.329 e. The topological polar surface area (TPSA) is 44.5 Å². The number of hydrogen-bond acceptors (Lipinski definition) is 4. The first-order chi connectivity index (χ1) is 8.47. The Morgan fingerprint density at radius 3 is 2.33 bits per heavy atom. The highest BCUT2D eigenvalue weighted by Crippen LogP contribution is 2.21. The molecule has 0 radical (unpaired) electrons. The molecule has 3 N–H and O–H groups in total. The van der Waals surface area contributed by atoms with Crippen LogP contribution in [0.1, 0.15) is 26.7 Å². The van der Waals surface area contributed by atoms with Gasteiger partial charge < -0.3 is 20.9 Å². The molecule has 4 nitrogen and oxygen atoms in total. The number of nitrogens with two attached hydrogens (primary N) is 1. The van der Waals surface area contributed by atoms with Crippen LogP contribution in [0.3, 0.4) is 0 Å². The Hall–Kier alpha value is -0.160. The number of piperidine rings is 1. The lowest BCUT2D eigenvalue weighted by molar-refractivity contribution is 0.127. The molecule has 0 unspecified atom stereocenters. The first kappa shape index (κ1) is 15.9. The highest BCUT2D eigenvalue weighted by atomic mass is 15.2. The van der Waals surface area contributed by atoms with Gasteiger partial charge in [0, 0.05) is 31.7 Å². The predicted octanol–water partition coefficient (Wildman–Crippen LogP) is 0.587. The van der Waals surface area contributed by atoms with Gasteiger partial charge in [0.1, 0.15) is 0 Å². The maximum Gasteiger partial charge on any atom is 0.0328 e. The van der Waals surface area contributed by atoms with Crippen LogP contribution in [0.4, 0.5) is 0 Å². The fourth-order valence-corrected chi connectivity index (χ4v) is 2.68. The lowest BCUT2D eigenvalue weighted by atomic mass is 9.87. The summed E-state index contributed by atoms with van der Waals surface area (Å²) in [6.45, 7) is 11.1. The molecule has 0 aromatic heterocycles. The number of rotatable bonds is 7. The third-order valence-corrected chi connectivity index (χ3v) is 3.89. The normalized spacial score (nSPS) is 20.8. The van der Waals surface area contributed by atoms with Crippen molar-refractivity contribution in [3.63, 3.8) is 0 Å². The minimum Gasteiger partial charge on any atom is -0.329 e. The monoisotopic (exact) mass is 256 g/mol. The van der Waals surface area contributed by atoms with E-state index < -0.39 is 0 Å². The van der Waals surface area contributed by atoms with E-state index in [1.807, 2.05) is 0 Å². The summed E-state index contributed by atoms with van der Waals surface area (Å²) in [5.74, 6) is 0.761. The van der Waals surface area contributed by atoms with Gasteiger partial charge in [0.2, 0.25) is 0 Å². The Labute approximate surface area is 113 Å². The van der Waals surface area contributed by atoms with Gasteiger partial charge in [-0.2, -0.15) is 0 Å². The van der Waals surface area contributed by atoms with E-state index in [2.05, 4.69) is 43.1 Å². The maximum atomic E-state index is 6.01. The first-order valence-electron chi connectivity index (χ1n) is 7.29. The average Bonchev–Trinajstić information content (AvgIpc) is 2.30. The number of hydrogen-bond donors (Lipinski definition) is 2. The highest BCUT2D eigenvalue weighted by molar-refractivity contribution is 4.94. The molecule has 1 saturated heterocycles. The van der Waals surface area contributed by atoms with Crippen molar-refractivity contribution in [1.29, 1.82) is 0 Å². The number of likely N-dealkylation sites (N-methyl/N-ethyl adjacent to an activating group) is 1. The summed E-state index contributed by atoms with van der Waals surface area (Å²) in [5.41, 5.74) is 6.19. The second kappa shape index (κ2) is 7.43. The minimum atomic E-state index is 0.184. The SMILES string of the molecule is CC(C)CN1CCC(CN)(NCCN(C)C)CC1. The average molecular weight is 256 g/mol. The summed E-state index contributed by atoms with van der Waals surface area (Å²) < 4.78 is 0. The maximum absolute atomic E-state index is 6.01. The summed E-state index contributed by atoms with van der Waals surface area (Å²) >= 11 is 0. The van der Waals surface area contributed by atoms with Gasteiger partial charge in [0.15, 0.2) is 0 Å². The van der Waals surface area contributed by atoms with E-state index in [9.17, 15) is 0 Å². The molecule has 1 heterocycles. The van der Waals surface area contributed by atoms with Crippen LogP contribution in [0.2, 0.25) is 0 Å². The number of nitrogens with one attached hydrogen (secondary N) is 1. The molecule has 0 atom stereocenters. The third-order valence-electron chi connectivity index (χ3n) is 3.89. The van der Waals surface area contributed by atoms with Crippen LogP contribution >= 0.6 is 0 Å². The molecule has 0 saturated carbocycles. The summed E-state index contributed by atoms with van der Waals surface area (Å²) in [4.78, 5) is 4.79. The molecule has 0 amide bonds. The van der Waals surface area contributed by atoms with Crippen molar-refractivity contribution in [2.75, 3.05) is 53.4 Å². The molecule has 1 fully saturated rings. The Balaban J connectivity index is 2.35. The van der Waals surface area contributed by atoms with Crippen LogP contribution < -0.4 is 11.1 Å². The summed E-state index contributed by atoms with van der Waals surface area (Å²) in [6.07, 6.45) is 2.37. The van der Waals surface area contributed by atoms with E-state index in [0.717, 1.165) is 25.6 Å². The van der Waals surface area contributed by atoms with Crippen molar-refractivity contribution < 1.29 is 0 Å². The fraction of sp³-hybridized carbons (Fsp3) is 1.00. The molecule has 1 aliphatic heterocycles. The second-order valence-corrected chi connectivity index (χ2v) is 6.41. The van der Waals surface area contributed by atoms with Crippen LogP contribution in [0, 0.1) is 5.92 Å². The minimum absolute atomic E-state index is 0.184. The molecule has 18 heavy (non-hydrogen) atoms. The van der Waals surface area contributed by atoms with E-state index in [4.69, 9.17) is 5.73 Å². The molecule has 0 aromatic rings. The quantitative estimate of drug-likeness (QED) is 0.700. The van der Waals surface area contributed by atoms with E-state index in [1.54, 1.807) is 0 Å². The van der Waals surface area contributed by atoms with Crippen LogP contribution in [-0.2, 0) is 0 Å². The summed E-state index contributed by atoms with van der Waals surface area (Å²) in [7, 11) is 4.23. The van der Waals surface area contributed by atoms with Crippen molar-refractivity contribution in [2.45, 2.75) is 32.2 Å². The van der Waals surface area contributed by atoms with Gasteiger partial charge in [-0.1, -0.05) is 13.8 Å². The van der Waals surface area contributed by atoms with Crippen molar-refractivity contribution in [1.82, 2.24) is 15.1 Å². The molecule has 108 valence electrons. The Kier molecular flexibility index (Phi) is 6.57. The smallest absolute Gasteiger partial charge is 0.0328 e. The van der Waals surface area contributed by atoms with Gasteiger partial charge in [-0.05, 0) is 45.9 Å². The standard InChI is InChI=1S/C14H32N4/c1-13(2)11-18-8-5-14(12-15,6-9-18)16-7-10-17(3)4/h13,16H,5-12,15H2,1-4H3. The van der Waals surface area contributed by atoms with Gasteiger partial charge in [0.05, 0.1) is 0 Å². The predicted molar refractivity (Wildman–Crippen MR) is 78.9 cm³/mol. The lowest BCUT2D eigenvalue weighted by Crippen LogP contribution is -2.58. The molecular formula is C14H32N4. The Bertz CT molecular complexity index is 220. The van der Waals surface area contributed by atoms with Gasteiger partial charge in [-0.3, -0.25) is 0 Å². The third kappa shape index (κ3) is 5.22. The van der Waals surface area contributed by atoms with Gasteiger partial charge in [0.25, 0.3) is 0 Å². The number of likely N-dealkylation sites (tertiary alicyclic amines) is 1. The molecule has 0 bridgehead atoms. The van der Waals surface area contributed by atoms with Crippen LogP contribution in [0.5, 0.6) is 0 Å². The Morgan fingerprint density at radius 2 is 1.89 bits per heavy atom.